The highest BCUT2D eigenvalue weighted by atomic mass is 35.5. The summed E-state index contributed by atoms with van der Waals surface area (Å²) in [6, 6.07) is 15.4. The average molecular weight is 1160 g/mol. The quantitative estimate of drug-likeness (QED) is 0.102. The molecule has 6 aromatic rings. The van der Waals surface area contributed by atoms with Gasteiger partial charge >= 0.3 is 23.5 Å². The number of benzene rings is 2. The monoisotopic (exact) mass is 1160 g/mol. The van der Waals surface area contributed by atoms with E-state index in [4.69, 9.17) is 51.2 Å². The molecular formula is C56H77ClN20O6. The molecule has 4 aromatic heterocycles. The third-order valence-electron chi connectivity index (χ3n) is 16.0. The molecule has 0 bridgehead atoms. The lowest BCUT2D eigenvalue weighted by Crippen LogP contribution is -2.53. The van der Waals surface area contributed by atoms with E-state index in [1.54, 1.807) is 19.0 Å². The topological polar surface area (TPSA) is 257 Å². The Kier molecular flexibility index (Phi) is 19.6. The number of anilines is 4. The molecule has 6 saturated heterocycles. The van der Waals surface area contributed by atoms with Crippen LogP contribution in [0.2, 0.25) is 0 Å². The van der Waals surface area contributed by atoms with E-state index in [-0.39, 0.29) is 29.5 Å². The van der Waals surface area contributed by atoms with Crippen molar-refractivity contribution in [2.45, 2.75) is 37.8 Å². The Morgan fingerprint density at radius 2 is 0.916 bits per heavy atom. The highest BCUT2D eigenvalue weighted by molar-refractivity contribution is 6.62. The number of ether oxygens (including phenoxy) is 2. The molecule has 27 heteroatoms. The molecule has 0 unspecified atom stereocenters. The molecule has 444 valence electrons. The minimum absolute atomic E-state index is 0.142. The number of amides is 7. The summed E-state index contributed by atoms with van der Waals surface area (Å²) in [4.78, 5) is 81.4. The van der Waals surface area contributed by atoms with Crippen molar-refractivity contribution in [3.05, 3.63) is 60.9 Å². The molecule has 0 spiro atoms. The number of halogens is 1. The van der Waals surface area contributed by atoms with Crippen LogP contribution in [0, 0.1) is 0 Å². The number of hydrogen-bond acceptors (Lipinski definition) is 17. The van der Waals surface area contributed by atoms with Gasteiger partial charge < -0.3 is 70.4 Å². The molecule has 12 rings (SSSR count). The van der Waals surface area contributed by atoms with Crippen molar-refractivity contribution >= 4 is 80.4 Å². The molecule has 7 amide bonds. The molecule has 2 aromatic carbocycles. The van der Waals surface area contributed by atoms with Crippen molar-refractivity contribution in [3.8, 4) is 22.5 Å². The Morgan fingerprint density at radius 1 is 0.518 bits per heavy atom. The van der Waals surface area contributed by atoms with Crippen LogP contribution in [0.3, 0.4) is 0 Å². The number of rotatable bonds is 8. The highest BCUT2D eigenvalue weighted by Gasteiger charge is 2.31. The molecule has 0 radical (unpaired) electrons. The van der Waals surface area contributed by atoms with E-state index >= 15 is 0 Å². The zero-order chi connectivity index (χ0) is 57.8. The summed E-state index contributed by atoms with van der Waals surface area (Å²) in [7, 11) is 7.31. The first-order chi connectivity index (χ1) is 40.4. The van der Waals surface area contributed by atoms with Gasteiger partial charge in [0.25, 0.3) is 0 Å². The normalized spacial score (nSPS) is 18.7. The molecule has 0 saturated carbocycles. The molecule has 5 N–H and O–H groups in total. The van der Waals surface area contributed by atoms with E-state index in [0.717, 1.165) is 168 Å². The highest BCUT2D eigenvalue weighted by Crippen LogP contribution is 2.35. The number of piperazine rings is 2. The van der Waals surface area contributed by atoms with Gasteiger partial charge in [0.15, 0.2) is 11.3 Å². The number of likely N-dealkylation sites (N-methyl/N-ethyl adjacent to an activating group) is 2. The number of nitrogens with zero attached hydrogens (tertiary/aromatic N) is 15. The summed E-state index contributed by atoms with van der Waals surface area (Å²) in [5, 5.41) is 25.2. The summed E-state index contributed by atoms with van der Waals surface area (Å²) in [6.45, 7) is 15.7. The van der Waals surface area contributed by atoms with Crippen LogP contribution < -0.4 is 36.4 Å². The number of fused-ring (bicyclic) bond motifs is 2. The van der Waals surface area contributed by atoms with Crippen molar-refractivity contribution in [2.75, 3.05) is 180 Å². The summed E-state index contributed by atoms with van der Waals surface area (Å²) >= 11 is 5.27. The number of aromatic nitrogens is 8. The summed E-state index contributed by atoms with van der Waals surface area (Å²) in [6.07, 6.45) is 7.44. The lowest BCUT2D eigenvalue weighted by molar-refractivity contribution is 0.108. The number of carbonyl (C=O) groups is 4. The van der Waals surface area contributed by atoms with Gasteiger partial charge in [-0.15, -0.1) is 0 Å². The van der Waals surface area contributed by atoms with Crippen molar-refractivity contribution < 1.29 is 28.7 Å². The second kappa shape index (κ2) is 27.7. The van der Waals surface area contributed by atoms with Crippen molar-refractivity contribution in [2.24, 2.45) is 0 Å². The zero-order valence-electron chi connectivity index (χ0n) is 47.9. The number of nitrogens with one attached hydrogen (secondary N) is 5. The van der Waals surface area contributed by atoms with E-state index in [1.165, 1.54) is 0 Å². The van der Waals surface area contributed by atoms with Crippen LogP contribution >= 0.6 is 11.6 Å². The second-order valence-electron chi connectivity index (χ2n) is 21.5. The van der Waals surface area contributed by atoms with Gasteiger partial charge in [-0.25, -0.2) is 33.7 Å². The first-order valence-electron chi connectivity index (χ1n) is 28.8. The Bertz CT molecular complexity index is 3140. The summed E-state index contributed by atoms with van der Waals surface area (Å²) in [5.41, 5.74) is 6.61. The van der Waals surface area contributed by atoms with Crippen LogP contribution in [-0.4, -0.2) is 247 Å². The molecular weight excluding hydrogens is 1080 g/mol. The summed E-state index contributed by atoms with van der Waals surface area (Å²) in [5.74, 6) is 1.37. The largest absolute Gasteiger partial charge is 0.378 e. The van der Waals surface area contributed by atoms with E-state index < -0.39 is 0 Å². The van der Waals surface area contributed by atoms with Crippen LogP contribution in [0.15, 0.2) is 60.9 Å². The Morgan fingerprint density at radius 3 is 1.33 bits per heavy atom. The molecule has 0 aliphatic carbocycles. The minimum atomic E-state index is -0.326. The number of urea groups is 3. The van der Waals surface area contributed by atoms with Gasteiger partial charge in [-0.2, -0.15) is 20.2 Å². The molecule has 6 aliphatic rings. The number of likely N-dealkylation sites (tertiary alicyclic amines) is 1. The molecule has 26 nitrogen and oxygen atoms in total. The smallest absolute Gasteiger partial charge is 0.320 e. The maximum atomic E-state index is 13.1. The van der Waals surface area contributed by atoms with Crippen LogP contribution in [-0.2, 0) is 9.47 Å². The fourth-order valence-electron chi connectivity index (χ4n) is 11.0. The Balaban J connectivity index is 0.000000162. The maximum Gasteiger partial charge on any atom is 0.320 e. The lowest BCUT2D eigenvalue weighted by Gasteiger charge is -2.39. The van der Waals surface area contributed by atoms with Gasteiger partial charge in [0.1, 0.15) is 0 Å². The zero-order valence-corrected chi connectivity index (χ0v) is 48.7. The van der Waals surface area contributed by atoms with Gasteiger partial charge in [-0.3, -0.25) is 4.79 Å². The fraction of sp³-hybridized carbons (Fsp3) is 0.536. The number of morpholine rings is 2. The van der Waals surface area contributed by atoms with Gasteiger partial charge in [-0.05, 0) is 88.7 Å². The minimum Gasteiger partial charge on any atom is -0.378 e. The SMILES string of the molecule is CN1CCN(C(=O)Cl)CC1.CNC(=O)Nc1ccc(-c2nc(N3CCOCC3)nc3c2cnn3C2CCN(C(=O)N3CCN(C)CC3)CC2)cc1.CNC(=O)Nc1ccc(-c2nc(N3CCOCC3)nc3c2cnn3C2CCNCC2)cc1. The second-order valence-corrected chi connectivity index (χ2v) is 21.8. The number of hydrogen-bond donors (Lipinski definition) is 5. The van der Waals surface area contributed by atoms with Crippen molar-refractivity contribution in [1.82, 2.24) is 79.9 Å². The first-order valence-corrected chi connectivity index (χ1v) is 29.2. The van der Waals surface area contributed by atoms with Crippen molar-refractivity contribution in [1.29, 1.82) is 0 Å². The van der Waals surface area contributed by atoms with Crippen LogP contribution in [0.4, 0.5) is 42.4 Å². The third kappa shape index (κ3) is 14.5. The predicted molar refractivity (Wildman–Crippen MR) is 320 cm³/mol. The number of carbonyl (C=O) groups excluding carboxylic acids is 4. The van der Waals surface area contributed by atoms with Crippen LogP contribution in [0.5, 0.6) is 0 Å². The summed E-state index contributed by atoms with van der Waals surface area (Å²) < 4.78 is 15.2. The molecule has 10 heterocycles. The fourth-order valence-corrected chi connectivity index (χ4v) is 11.1. The standard InChI is InChI=1S/C28H38N10O3.C22H28N8O2.C6H11ClN2O/c1-29-27(39)31-21-5-3-20(4-6-21)24-23-19-30-38(25(23)33-26(32-24)35-15-17-41-18-16-35)22-7-9-36(10-8-22)28(40)37-13-11-34(2)12-14-37;1-23-22(31)26-16-4-2-15(3-5-16)19-18-14-25-30(17-6-8-24-9-7-17)20(18)28-21(27-19)29-10-12-32-13-11-29;1-8-2-4-9(5-3-8)6(7)10/h3-6,19,22H,7-18H2,1-2H3,(H2,29,31,39);2-5,14,17,24H,6-13H2,1H3,(H2,23,26,31);2-5H2,1H3. The molecule has 0 atom stereocenters. The van der Waals surface area contributed by atoms with Gasteiger partial charge in [0.2, 0.25) is 11.9 Å². The first kappa shape index (κ1) is 58.7. The molecule has 6 aliphatic heterocycles. The van der Waals surface area contributed by atoms with E-state index in [0.29, 0.717) is 63.1 Å². The van der Waals surface area contributed by atoms with Gasteiger partial charge in [-0.1, -0.05) is 24.3 Å². The van der Waals surface area contributed by atoms with Gasteiger partial charge in [0.05, 0.1) is 73.1 Å². The van der Waals surface area contributed by atoms with Crippen LogP contribution in [0.25, 0.3) is 44.6 Å². The number of piperidine rings is 2. The third-order valence-corrected chi connectivity index (χ3v) is 16.3. The Hall–Kier alpha value is -7.49. The average Bonchev–Trinajstić information content (AvgIpc) is 4.38. The maximum absolute atomic E-state index is 13.1. The lowest BCUT2D eigenvalue weighted by atomic mass is 10.1. The van der Waals surface area contributed by atoms with Crippen molar-refractivity contribution in [3.63, 3.8) is 0 Å². The van der Waals surface area contributed by atoms with E-state index in [9.17, 15) is 19.2 Å². The van der Waals surface area contributed by atoms with Crippen LogP contribution in [0.1, 0.15) is 37.8 Å². The van der Waals surface area contributed by atoms with E-state index in [1.807, 2.05) is 82.5 Å². The predicted octanol–water partition coefficient (Wildman–Crippen LogP) is 4.68. The van der Waals surface area contributed by atoms with E-state index in [2.05, 4.69) is 57.9 Å². The van der Waals surface area contributed by atoms with Gasteiger partial charge in [0, 0.05) is 128 Å². The molecule has 6 fully saturated rings. The molecule has 83 heavy (non-hydrogen) atoms. The Labute approximate surface area is 488 Å².